The Morgan fingerprint density at radius 1 is 1.33 bits per heavy atom. The van der Waals surface area contributed by atoms with E-state index in [4.69, 9.17) is 4.55 Å². The normalized spacial score (nSPS) is 13.4. The van der Waals surface area contributed by atoms with Crippen LogP contribution in [0.5, 0.6) is 0 Å². The zero-order valence-electron chi connectivity index (χ0n) is 5.53. The molecule has 0 unspecified atom stereocenters. The van der Waals surface area contributed by atoms with Crippen LogP contribution in [0.1, 0.15) is 13.8 Å². The standard InChI is InChI=1S/C4H12O3S2/c1-3-8(4-2)9(5,6)7/h8H,3-4H2,1-2H3,(H,5,6,7). The predicted octanol–water partition coefficient (Wildman–Crippen LogP) is 0.830. The van der Waals surface area contributed by atoms with E-state index >= 15 is 0 Å². The second-order valence-corrected chi connectivity index (χ2v) is 7.62. The van der Waals surface area contributed by atoms with E-state index in [0.717, 1.165) is 0 Å². The van der Waals surface area contributed by atoms with Crippen LogP contribution in [0.25, 0.3) is 0 Å². The van der Waals surface area contributed by atoms with Crippen LogP contribution in [0.4, 0.5) is 0 Å². The van der Waals surface area contributed by atoms with Crippen molar-refractivity contribution >= 4 is 19.1 Å². The molecule has 0 aromatic carbocycles. The summed E-state index contributed by atoms with van der Waals surface area (Å²) >= 11 is 0. The van der Waals surface area contributed by atoms with Crippen LogP contribution in [0.2, 0.25) is 0 Å². The van der Waals surface area contributed by atoms with Crippen LogP contribution in [0, 0.1) is 0 Å². The molecule has 0 aliphatic heterocycles. The fourth-order valence-corrected chi connectivity index (χ4v) is 3.61. The van der Waals surface area contributed by atoms with Gasteiger partial charge in [0.25, 0.3) is 9.15 Å². The van der Waals surface area contributed by atoms with E-state index in [2.05, 4.69) is 0 Å². The van der Waals surface area contributed by atoms with Crippen LogP contribution in [-0.2, 0) is 9.15 Å². The average Bonchev–Trinajstić information content (AvgIpc) is 1.65. The van der Waals surface area contributed by atoms with Gasteiger partial charge in [0.05, 0.1) is 0 Å². The molecule has 58 valence electrons. The lowest BCUT2D eigenvalue weighted by Gasteiger charge is -2.11. The Balaban J connectivity index is 4.14. The first kappa shape index (κ1) is 9.26. The molecule has 0 aromatic rings. The second kappa shape index (κ2) is 3.43. The number of rotatable bonds is 3. The van der Waals surface area contributed by atoms with Gasteiger partial charge in [-0.2, -0.15) is 8.42 Å². The van der Waals surface area contributed by atoms with Crippen molar-refractivity contribution in [1.29, 1.82) is 0 Å². The molecule has 0 amide bonds. The highest BCUT2D eigenvalue weighted by Gasteiger charge is 2.12. The van der Waals surface area contributed by atoms with Gasteiger partial charge in [-0.25, -0.2) is 0 Å². The van der Waals surface area contributed by atoms with Crippen molar-refractivity contribution in [2.75, 3.05) is 11.5 Å². The highest BCUT2D eigenvalue weighted by atomic mass is 33.2. The van der Waals surface area contributed by atoms with Gasteiger partial charge < -0.3 is 0 Å². The maximum atomic E-state index is 10.4. The van der Waals surface area contributed by atoms with Crippen LogP contribution in [-0.4, -0.2) is 24.5 Å². The molecule has 0 fully saturated rings. The van der Waals surface area contributed by atoms with E-state index < -0.39 is 19.1 Å². The van der Waals surface area contributed by atoms with E-state index in [1.54, 1.807) is 13.8 Å². The summed E-state index contributed by atoms with van der Waals surface area (Å²) in [4.78, 5) is 0. The van der Waals surface area contributed by atoms with Crippen molar-refractivity contribution in [1.82, 2.24) is 0 Å². The molecule has 9 heavy (non-hydrogen) atoms. The summed E-state index contributed by atoms with van der Waals surface area (Å²) in [7, 11) is -4.87. The van der Waals surface area contributed by atoms with Gasteiger partial charge in [0, 0.05) is 0 Å². The van der Waals surface area contributed by atoms with E-state index in [0.29, 0.717) is 11.5 Å². The molecule has 3 nitrogen and oxygen atoms in total. The van der Waals surface area contributed by atoms with Crippen molar-refractivity contribution in [3.05, 3.63) is 0 Å². The highest BCUT2D eigenvalue weighted by molar-refractivity contribution is 8.79. The quantitative estimate of drug-likeness (QED) is 0.376. The van der Waals surface area contributed by atoms with Gasteiger partial charge >= 0.3 is 0 Å². The lowest BCUT2D eigenvalue weighted by molar-refractivity contribution is 0.502. The third kappa shape index (κ3) is 3.07. The molecule has 0 aliphatic rings. The third-order valence-electron chi connectivity index (χ3n) is 1.03. The Kier molecular flexibility index (Phi) is 3.53. The van der Waals surface area contributed by atoms with Gasteiger partial charge in [-0.3, -0.25) is 4.55 Å². The summed E-state index contributed by atoms with van der Waals surface area (Å²) in [6, 6.07) is 0. The smallest absolute Gasteiger partial charge is 0.279 e. The summed E-state index contributed by atoms with van der Waals surface area (Å²) in [5.74, 6) is 1.09. The first-order chi connectivity index (χ1) is 4.02. The Morgan fingerprint density at radius 3 is 1.67 bits per heavy atom. The lowest BCUT2D eigenvalue weighted by atomic mass is 11.0. The summed E-state index contributed by atoms with van der Waals surface area (Å²) in [6.45, 7) is 3.53. The van der Waals surface area contributed by atoms with Crippen LogP contribution >= 0.6 is 9.93 Å². The van der Waals surface area contributed by atoms with Gasteiger partial charge in [-0.05, 0) is 11.5 Å². The maximum absolute atomic E-state index is 10.4. The molecule has 0 aromatic heterocycles. The minimum absolute atomic E-state index is 0.546. The number of hydrogen-bond acceptors (Lipinski definition) is 2. The third-order valence-corrected chi connectivity index (χ3v) is 6.60. The topological polar surface area (TPSA) is 54.4 Å². The van der Waals surface area contributed by atoms with Gasteiger partial charge in [0.1, 0.15) is 0 Å². The lowest BCUT2D eigenvalue weighted by Crippen LogP contribution is -2.02. The largest absolute Gasteiger partial charge is 0.299 e. The van der Waals surface area contributed by atoms with Crippen molar-refractivity contribution in [2.45, 2.75) is 13.8 Å². The molecule has 0 aliphatic carbocycles. The molecule has 0 radical (unpaired) electrons. The van der Waals surface area contributed by atoms with Crippen LogP contribution in [0.15, 0.2) is 0 Å². The fraction of sp³-hybridized carbons (Fsp3) is 1.00. The molecule has 0 spiro atoms. The molecular formula is C4H12O3S2. The first-order valence-corrected chi connectivity index (χ1v) is 6.50. The van der Waals surface area contributed by atoms with Crippen molar-refractivity contribution in [2.24, 2.45) is 0 Å². The zero-order chi connectivity index (χ0) is 7.49. The van der Waals surface area contributed by atoms with Gasteiger partial charge in [-0.15, -0.1) is 9.93 Å². The molecule has 0 rings (SSSR count). The minimum atomic E-state index is -3.70. The monoisotopic (exact) mass is 172 g/mol. The fourth-order valence-electron chi connectivity index (χ4n) is 0.550. The molecule has 1 N–H and O–H groups in total. The maximum Gasteiger partial charge on any atom is 0.299 e. The van der Waals surface area contributed by atoms with Gasteiger partial charge in [0.2, 0.25) is 0 Å². The average molecular weight is 172 g/mol. The van der Waals surface area contributed by atoms with Crippen molar-refractivity contribution in [3.63, 3.8) is 0 Å². The van der Waals surface area contributed by atoms with E-state index in [1.165, 1.54) is 0 Å². The van der Waals surface area contributed by atoms with Crippen LogP contribution < -0.4 is 0 Å². The first-order valence-electron chi connectivity index (χ1n) is 2.75. The van der Waals surface area contributed by atoms with Gasteiger partial charge in [0.15, 0.2) is 0 Å². The van der Waals surface area contributed by atoms with E-state index in [1.807, 2.05) is 0 Å². The molecule has 0 saturated heterocycles. The zero-order valence-corrected chi connectivity index (χ0v) is 7.24. The molecule has 5 heteroatoms. The Bertz CT molecular complexity index is 157. The van der Waals surface area contributed by atoms with Gasteiger partial charge in [-0.1, -0.05) is 13.8 Å². The molecule has 0 saturated carbocycles. The molecule has 0 heterocycles. The van der Waals surface area contributed by atoms with E-state index in [-0.39, 0.29) is 0 Å². The molecule has 0 bridgehead atoms. The highest BCUT2D eigenvalue weighted by Crippen LogP contribution is 2.29. The SMILES string of the molecule is CC[SH](CC)S(=O)(=O)O. The molecular weight excluding hydrogens is 160 g/mol. The summed E-state index contributed by atoms with van der Waals surface area (Å²) in [5, 5.41) is 0. The van der Waals surface area contributed by atoms with Crippen molar-refractivity contribution < 1.29 is 13.0 Å². The Morgan fingerprint density at radius 2 is 1.67 bits per heavy atom. The summed E-state index contributed by atoms with van der Waals surface area (Å²) < 4.78 is 29.2. The van der Waals surface area contributed by atoms with E-state index in [9.17, 15) is 8.42 Å². The summed E-state index contributed by atoms with van der Waals surface area (Å²) in [6.07, 6.45) is 0. The Hall–Kier alpha value is 0.260. The van der Waals surface area contributed by atoms with Crippen molar-refractivity contribution in [3.8, 4) is 0 Å². The van der Waals surface area contributed by atoms with Crippen LogP contribution in [0.3, 0.4) is 0 Å². The summed E-state index contributed by atoms with van der Waals surface area (Å²) in [5.41, 5.74) is 0. The number of thiol groups is 1. The minimum Gasteiger partial charge on any atom is -0.279 e. The number of hydrogen-bond donors (Lipinski definition) is 2. The predicted molar refractivity (Wildman–Crippen MR) is 41.6 cm³/mol. The second-order valence-electron chi connectivity index (χ2n) is 1.56. The molecule has 0 atom stereocenters. The Labute approximate surface area is 58.0 Å².